The smallest absolute Gasteiger partial charge is 0.377 e. The molecule has 0 unspecified atom stereocenters. The molecule has 0 aromatic rings. The number of hydrogen-bond acceptors (Lipinski definition) is 13. The van der Waals surface area contributed by atoms with Crippen LogP contribution < -0.4 is 5.73 Å². The fourth-order valence-electron chi connectivity index (χ4n) is 5.08. The quantitative estimate of drug-likeness (QED) is 0.115. The topological polar surface area (TPSA) is 157 Å². The van der Waals surface area contributed by atoms with E-state index in [0.29, 0.717) is 77.7 Å². The van der Waals surface area contributed by atoms with Gasteiger partial charge in [0.2, 0.25) is 0 Å². The summed E-state index contributed by atoms with van der Waals surface area (Å²) >= 11 is 0. The Kier molecular flexibility index (Phi) is 27.5. The van der Waals surface area contributed by atoms with E-state index in [0.717, 1.165) is 0 Å². The molecule has 0 rings (SSSR count). The van der Waals surface area contributed by atoms with Crippen LogP contribution in [0.5, 0.6) is 0 Å². The molecule has 19 heteroatoms. The average molecular weight is 739 g/mol. The van der Waals surface area contributed by atoms with Gasteiger partial charge >= 0.3 is 41.2 Å². The molecule has 46 heavy (non-hydrogen) atoms. The van der Waals surface area contributed by atoms with Crippen molar-refractivity contribution in [3.05, 3.63) is 0 Å². The second-order valence-corrected chi connectivity index (χ2v) is 22.3. The van der Waals surface area contributed by atoms with Gasteiger partial charge in [-0.3, -0.25) is 0 Å². The van der Waals surface area contributed by atoms with Crippen molar-refractivity contribution in [3.8, 4) is 0 Å². The molecular formula is C27H66N2O13Si4. The number of primary amides is 1. The SMILES string of the molecule is CCO[Si](CCCN(CCC[Si](OCC)(OCC)OCC)C(N)=O)(OCC)OCC.CO[Si](OC)(OC)C(C)[Si](OC)(OC)OC. The van der Waals surface area contributed by atoms with Gasteiger partial charge in [0, 0.05) is 107 Å². The van der Waals surface area contributed by atoms with E-state index < -0.39 is 41.2 Å². The third kappa shape index (κ3) is 15.5. The van der Waals surface area contributed by atoms with E-state index in [9.17, 15) is 4.79 Å². The van der Waals surface area contributed by atoms with Crippen LogP contribution in [0.4, 0.5) is 4.79 Å². The number of nitrogens with two attached hydrogens (primary N) is 1. The first kappa shape index (κ1) is 47.8. The molecule has 0 radical (unpaired) electrons. The Hall–Kier alpha value is -0.342. The minimum absolute atomic E-state index is 0.208. The summed E-state index contributed by atoms with van der Waals surface area (Å²) in [5, 5.41) is -0.208. The molecule has 278 valence electrons. The van der Waals surface area contributed by atoms with Gasteiger partial charge in [-0.25, -0.2) is 4.79 Å². The standard InChI is InChI=1S/C19H44N2O7Si2.C8H22O6Si2/c1-7-23-29(24-8-2,25-9-3)17-13-15-21(19(20)22)16-14-18-30(26-10-4,27-11-5)28-12-6;1-8(15(9-2,10-3)11-4)16(12-5,13-6)14-7/h7-18H2,1-6H3,(H2,20,22);8H,1-7H3. The van der Waals surface area contributed by atoms with Crippen LogP contribution in [-0.2, 0) is 53.1 Å². The van der Waals surface area contributed by atoms with Gasteiger partial charge in [0.05, 0.1) is 5.16 Å². The Labute approximate surface area is 283 Å². The number of hydrogen-bond donors (Lipinski definition) is 1. The van der Waals surface area contributed by atoms with Crippen LogP contribution in [0.25, 0.3) is 0 Å². The van der Waals surface area contributed by atoms with E-state index >= 15 is 0 Å². The van der Waals surface area contributed by atoms with Gasteiger partial charge in [0.1, 0.15) is 0 Å². The monoisotopic (exact) mass is 738 g/mol. The van der Waals surface area contributed by atoms with Crippen molar-refractivity contribution in [2.75, 3.05) is 95.4 Å². The van der Waals surface area contributed by atoms with Crippen LogP contribution in [0.1, 0.15) is 61.3 Å². The lowest BCUT2D eigenvalue weighted by molar-refractivity contribution is 0.0696. The third-order valence-electron chi connectivity index (χ3n) is 7.09. The maximum atomic E-state index is 11.9. The molecule has 15 nitrogen and oxygen atoms in total. The van der Waals surface area contributed by atoms with Crippen LogP contribution >= 0.6 is 0 Å². The molecule has 0 bridgehead atoms. The van der Waals surface area contributed by atoms with Gasteiger partial charge in [-0.05, 0) is 54.4 Å². The highest BCUT2D eigenvalue weighted by Gasteiger charge is 2.61. The van der Waals surface area contributed by atoms with Crippen LogP contribution in [0.3, 0.4) is 0 Å². The fraction of sp³-hybridized carbons (Fsp3) is 0.963. The lowest BCUT2D eigenvalue weighted by atomic mass is 10.4. The Bertz CT molecular complexity index is 654. The predicted molar refractivity (Wildman–Crippen MR) is 184 cm³/mol. The Balaban J connectivity index is 0. The molecule has 0 saturated heterocycles. The number of rotatable bonds is 28. The van der Waals surface area contributed by atoms with Gasteiger partial charge in [0.25, 0.3) is 0 Å². The van der Waals surface area contributed by atoms with Crippen LogP contribution in [-0.4, -0.2) is 142 Å². The van der Waals surface area contributed by atoms with Crippen molar-refractivity contribution >= 4 is 41.2 Å². The van der Waals surface area contributed by atoms with Crippen molar-refractivity contribution in [3.63, 3.8) is 0 Å². The van der Waals surface area contributed by atoms with Gasteiger partial charge in [-0.2, -0.15) is 0 Å². The van der Waals surface area contributed by atoms with Crippen LogP contribution in [0, 0.1) is 0 Å². The molecule has 0 heterocycles. The van der Waals surface area contributed by atoms with Gasteiger partial charge in [0.15, 0.2) is 0 Å². The molecule has 0 aliphatic heterocycles. The maximum absolute atomic E-state index is 11.9. The summed E-state index contributed by atoms with van der Waals surface area (Å²) < 4.78 is 67.6. The zero-order valence-electron chi connectivity index (χ0n) is 30.9. The highest BCUT2D eigenvalue weighted by molar-refractivity contribution is 6.82. The summed E-state index contributed by atoms with van der Waals surface area (Å²) in [6.45, 7) is 17.7. The van der Waals surface area contributed by atoms with E-state index in [1.54, 1.807) is 47.6 Å². The Morgan fingerprint density at radius 1 is 0.543 bits per heavy atom. The molecule has 0 atom stereocenters. The van der Waals surface area contributed by atoms with Crippen LogP contribution in [0.2, 0.25) is 17.3 Å². The van der Waals surface area contributed by atoms with Gasteiger partial charge in [-0.15, -0.1) is 0 Å². The molecule has 0 fully saturated rings. The summed E-state index contributed by atoms with van der Waals surface area (Å²) in [6, 6.07) is 0.840. The van der Waals surface area contributed by atoms with Crippen molar-refractivity contribution < 1.29 is 57.9 Å². The minimum atomic E-state index is -2.83. The summed E-state index contributed by atoms with van der Waals surface area (Å²) in [6.07, 6.45) is 1.39. The van der Waals surface area contributed by atoms with E-state index in [1.807, 2.05) is 48.5 Å². The Morgan fingerprint density at radius 2 is 0.783 bits per heavy atom. The highest BCUT2D eigenvalue weighted by atomic mass is 28.5. The first-order valence-corrected chi connectivity index (χ1v) is 23.6. The summed E-state index contributed by atoms with van der Waals surface area (Å²) in [5.41, 5.74) is 5.61. The zero-order valence-corrected chi connectivity index (χ0v) is 34.9. The second kappa shape index (κ2) is 26.5. The second-order valence-electron chi connectivity index (χ2n) is 9.65. The first-order valence-electron chi connectivity index (χ1n) is 16.1. The van der Waals surface area contributed by atoms with E-state index in [1.165, 1.54) is 0 Å². The number of urea groups is 1. The highest BCUT2D eigenvalue weighted by Crippen LogP contribution is 2.34. The van der Waals surface area contributed by atoms with Crippen molar-refractivity contribution in [1.29, 1.82) is 0 Å². The largest absolute Gasteiger partial charge is 0.507 e. The van der Waals surface area contributed by atoms with Crippen molar-refractivity contribution in [2.24, 2.45) is 5.73 Å². The number of carbonyl (C=O) groups is 1. The molecule has 0 spiro atoms. The maximum Gasteiger partial charge on any atom is 0.507 e. The average Bonchev–Trinajstić information content (AvgIpc) is 3.03. The molecular weight excluding hydrogens is 673 g/mol. The van der Waals surface area contributed by atoms with Gasteiger partial charge < -0.3 is 63.7 Å². The number of nitrogens with zero attached hydrogens (tertiary/aromatic N) is 1. The van der Waals surface area contributed by atoms with E-state index in [4.69, 9.17) is 58.8 Å². The summed E-state index contributed by atoms with van der Waals surface area (Å²) in [4.78, 5) is 13.6. The van der Waals surface area contributed by atoms with Gasteiger partial charge in [-0.1, -0.05) is 6.92 Å². The predicted octanol–water partition coefficient (Wildman–Crippen LogP) is 3.92. The molecule has 0 aromatic carbocycles. The van der Waals surface area contributed by atoms with Crippen LogP contribution in [0.15, 0.2) is 0 Å². The minimum Gasteiger partial charge on any atom is -0.377 e. The number of carbonyl (C=O) groups excluding carboxylic acids is 1. The molecule has 2 amide bonds. The van der Waals surface area contributed by atoms with E-state index in [2.05, 4.69) is 0 Å². The van der Waals surface area contributed by atoms with Crippen molar-refractivity contribution in [2.45, 2.75) is 78.6 Å². The molecule has 2 N–H and O–H groups in total. The van der Waals surface area contributed by atoms with E-state index in [-0.39, 0.29) is 5.16 Å². The lowest BCUT2D eigenvalue weighted by Crippen LogP contribution is -2.61. The Morgan fingerprint density at radius 3 is 0.957 bits per heavy atom. The molecule has 0 aliphatic carbocycles. The normalized spacial score (nSPS) is 12.7. The molecule has 0 aliphatic rings. The summed E-state index contributed by atoms with van der Waals surface area (Å²) in [7, 11) is -1.80. The van der Waals surface area contributed by atoms with Crippen molar-refractivity contribution in [1.82, 2.24) is 4.90 Å². The molecule has 0 saturated carbocycles. The molecule has 0 aromatic heterocycles. The first-order chi connectivity index (χ1) is 21.9. The fourth-order valence-corrected chi connectivity index (χ4v) is 17.2. The third-order valence-corrected chi connectivity index (χ3v) is 21.0. The summed E-state index contributed by atoms with van der Waals surface area (Å²) in [5.74, 6) is 0. The zero-order chi connectivity index (χ0) is 35.7. The lowest BCUT2D eigenvalue weighted by Gasteiger charge is -2.37. The number of amides is 2.